The van der Waals surface area contributed by atoms with Gasteiger partial charge in [-0.05, 0) is 30.6 Å². The van der Waals surface area contributed by atoms with E-state index in [-0.39, 0.29) is 12.0 Å². The Morgan fingerprint density at radius 1 is 1.50 bits per heavy atom. The van der Waals surface area contributed by atoms with Gasteiger partial charge < -0.3 is 4.74 Å². The first-order valence-electron chi connectivity index (χ1n) is 5.54. The minimum Gasteiger partial charge on any atom is -0.419 e. The Kier molecular flexibility index (Phi) is 3.72. The quantitative estimate of drug-likeness (QED) is 0.418. The van der Waals surface area contributed by atoms with Crippen LogP contribution in [0.1, 0.15) is 40.0 Å². The van der Waals surface area contributed by atoms with Gasteiger partial charge in [0.25, 0.3) is 6.26 Å². The molecule has 2 atom stereocenters. The maximum atomic E-state index is 10.2. The maximum Gasteiger partial charge on any atom is 0.286 e. The Bertz CT molecular complexity index is 339. The van der Waals surface area contributed by atoms with E-state index in [4.69, 9.17) is 10.00 Å². The van der Waals surface area contributed by atoms with E-state index in [0.717, 1.165) is 19.3 Å². The second kappa shape index (κ2) is 4.67. The number of nitrogens with zero attached hydrogens (tertiary/aromatic N) is 2. The first kappa shape index (κ1) is 12.7. The summed E-state index contributed by atoms with van der Waals surface area (Å²) in [5.74, 6) is 0.471. The Morgan fingerprint density at radius 3 is 2.69 bits per heavy atom. The van der Waals surface area contributed by atoms with Crippen molar-refractivity contribution < 1.29 is 9.53 Å². The van der Waals surface area contributed by atoms with Crippen molar-refractivity contribution in [1.82, 2.24) is 0 Å². The summed E-state index contributed by atoms with van der Waals surface area (Å²) in [6, 6.07) is 0. The Balaban J connectivity index is 2.91. The highest BCUT2D eigenvalue weighted by Crippen LogP contribution is 2.45. The molecule has 0 spiro atoms. The molecule has 4 nitrogen and oxygen atoms in total. The fourth-order valence-corrected chi connectivity index (χ4v) is 3.17. The number of aliphatic imine (C=N–C) groups is 1. The van der Waals surface area contributed by atoms with Crippen LogP contribution in [0.15, 0.2) is 4.99 Å². The Hall–Kier alpha value is -1.33. The summed E-state index contributed by atoms with van der Waals surface area (Å²) in [6.45, 7) is 6.68. The smallest absolute Gasteiger partial charge is 0.286 e. The molecule has 0 heterocycles. The molecule has 0 N–H and O–H groups in total. The molecule has 1 aliphatic carbocycles. The second-order valence-electron chi connectivity index (χ2n) is 5.64. The van der Waals surface area contributed by atoms with Gasteiger partial charge in [-0.2, -0.15) is 5.26 Å². The van der Waals surface area contributed by atoms with Crippen LogP contribution in [-0.2, 0) is 9.53 Å². The van der Waals surface area contributed by atoms with E-state index in [1.54, 1.807) is 6.26 Å². The van der Waals surface area contributed by atoms with Crippen LogP contribution >= 0.6 is 0 Å². The fraction of sp³-hybridized carbons (Fsp3) is 0.833. The third-order valence-corrected chi connectivity index (χ3v) is 3.12. The molecule has 0 radical (unpaired) electrons. The molecule has 0 aromatic heterocycles. The average Bonchev–Trinajstić information content (AvgIpc) is 2.12. The standard InChI is InChI=1S/C12H18N2O2/c1-10-4-11(2,3)6-12(5-10,16-8-13)7-14-9-15/h10H,4-7H2,1-3H3. The summed E-state index contributed by atoms with van der Waals surface area (Å²) in [7, 11) is 0. The van der Waals surface area contributed by atoms with Gasteiger partial charge in [-0.1, -0.05) is 20.8 Å². The van der Waals surface area contributed by atoms with Crippen molar-refractivity contribution in [3.8, 4) is 6.26 Å². The Labute approximate surface area is 96.3 Å². The molecule has 0 aromatic carbocycles. The Morgan fingerprint density at radius 2 is 2.19 bits per heavy atom. The number of nitriles is 1. The lowest BCUT2D eigenvalue weighted by Gasteiger charge is -2.44. The van der Waals surface area contributed by atoms with E-state index in [1.165, 1.54) is 6.08 Å². The van der Waals surface area contributed by atoms with E-state index in [0.29, 0.717) is 5.92 Å². The van der Waals surface area contributed by atoms with Crippen molar-refractivity contribution in [2.75, 3.05) is 6.54 Å². The minimum atomic E-state index is -0.604. The van der Waals surface area contributed by atoms with Crippen LogP contribution < -0.4 is 0 Å². The molecule has 0 saturated heterocycles. The van der Waals surface area contributed by atoms with Gasteiger partial charge in [0.15, 0.2) is 0 Å². The molecular weight excluding hydrogens is 204 g/mol. The molecule has 0 bridgehead atoms. The molecule has 1 rings (SSSR count). The van der Waals surface area contributed by atoms with Gasteiger partial charge in [0.05, 0.1) is 6.54 Å². The van der Waals surface area contributed by atoms with Crippen LogP contribution in [0.2, 0.25) is 0 Å². The van der Waals surface area contributed by atoms with Crippen LogP contribution in [-0.4, -0.2) is 18.2 Å². The molecule has 2 unspecified atom stereocenters. The number of carbonyl (C=O) groups excluding carboxylic acids is 1. The van der Waals surface area contributed by atoms with Crippen LogP contribution in [0.5, 0.6) is 0 Å². The maximum absolute atomic E-state index is 10.2. The van der Waals surface area contributed by atoms with Gasteiger partial charge >= 0.3 is 0 Å². The molecule has 0 amide bonds. The molecule has 1 aliphatic rings. The number of hydrogen-bond acceptors (Lipinski definition) is 4. The van der Waals surface area contributed by atoms with Gasteiger partial charge in [0, 0.05) is 0 Å². The molecule has 1 saturated carbocycles. The van der Waals surface area contributed by atoms with Crippen molar-refractivity contribution in [1.29, 1.82) is 5.26 Å². The van der Waals surface area contributed by atoms with Crippen LogP contribution in [0.4, 0.5) is 0 Å². The van der Waals surface area contributed by atoms with Crippen molar-refractivity contribution in [3.63, 3.8) is 0 Å². The first-order valence-corrected chi connectivity index (χ1v) is 5.54. The molecule has 16 heavy (non-hydrogen) atoms. The van der Waals surface area contributed by atoms with Crippen LogP contribution in [0.3, 0.4) is 0 Å². The SMILES string of the molecule is CC1CC(C)(C)CC(CN=C=O)(OC#N)C1. The molecule has 88 valence electrons. The number of rotatable bonds is 3. The monoisotopic (exact) mass is 222 g/mol. The third kappa shape index (κ3) is 3.08. The van der Waals surface area contributed by atoms with Crippen molar-refractivity contribution >= 4 is 6.08 Å². The van der Waals surface area contributed by atoms with Crippen molar-refractivity contribution in [3.05, 3.63) is 0 Å². The van der Waals surface area contributed by atoms with Gasteiger partial charge in [0.2, 0.25) is 6.08 Å². The molecule has 4 heteroatoms. The summed E-state index contributed by atoms with van der Waals surface area (Å²) in [4.78, 5) is 13.8. The van der Waals surface area contributed by atoms with E-state index in [1.807, 2.05) is 0 Å². The lowest BCUT2D eigenvalue weighted by molar-refractivity contribution is -0.0519. The average molecular weight is 222 g/mol. The zero-order valence-corrected chi connectivity index (χ0v) is 10.1. The summed E-state index contributed by atoms with van der Waals surface area (Å²) >= 11 is 0. The zero-order valence-electron chi connectivity index (χ0n) is 10.1. The topological polar surface area (TPSA) is 62.4 Å². The summed E-state index contributed by atoms with van der Waals surface area (Å²) in [6.07, 6.45) is 5.91. The van der Waals surface area contributed by atoms with Gasteiger partial charge in [0.1, 0.15) is 5.60 Å². The van der Waals surface area contributed by atoms with Crippen molar-refractivity contribution in [2.45, 2.75) is 45.6 Å². The lowest BCUT2D eigenvalue weighted by Crippen LogP contribution is -2.45. The van der Waals surface area contributed by atoms with Crippen molar-refractivity contribution in [2.24, 2.45) is 16.3 Å². The molecule has 0 aliphatic heterocycles. The fourth-order valence-electron chi connectivity index (χ4n) is 3.17. The molecule has 1 fully saturated rings. The first-order chi connectivity index (χ1) is 7.43. The largest absolute Gasteiger partial charge is 0.419 e. The van der Waals surface area contributed by atoms with Crippen LogP contribution in [0, 0.1) is 22.9 Å². The second-order valence-corrected chi connectivity index (χ2v) is 5.64. The van der Waals surface area contributed by atoms with Gasteiger partial charge in [-0.25, -0.2) is 9.79 Å². The summed E-state index contributed by atoms with van der Waals surface area (Å²) in [5, 5.41) is 8.73. The summed E-state index contributed by atoms with van der Waals surface area (Å²) in [5.41, 5.74) is -0.486. The highest BCUT2D eigenvalue weighted by molar-refractivity contribution is 5.33. The molecular formula is C12H18N2O2. The van der Waals surface area contributed by atoms with E-state index >= 15 is 0 Å². The van der Waals surface area contributed by atoms with Gasteiger partial charge in [-0.15, -0.1) is 0 Å². The minimum absolute atomic E-state index is 0.118. The van der Waals surface area contributed by atoms with Crippen LogP contribution in [0.25, 0.3) is 0 Å². The number of hydrogen-bond donors (Lipinski definition) is 0. The predicted molar refractivity (Wildman–Crippen MR) is 59.2 cm³/mol. The molecule has 0 aromatic rings. The van der Waals surface area contributed by atoms with Gasteiger partial charge in [-0.3, -0.25) is 0 Å². The summed E-state index contributed by atoms with van der Waals surface area (Å²) < 4.78 is 5.21. The number of ether oxygens (including phenoxy) is 1. The predicted octanol–water partition coefficient (Wildman–Crippen LogP) is 2.40. The van der Waals surface area contributed by atoms with E-state index in [2.05, 4.69) is 25.8 Å². The van der Waals surface area contributed by atoms with E-state index in [9.17, 15) is 4.79 Å². The van der Waals surface area contributed by atoms with E-state index < -0.39 is 5.60 Å². The third-order valence-electron chi connectivity index (χ3n) is 3.12. The normalized spacial score (nSPS) is 32.2. The lowest BCUT2D eigenvalue weighted by atomic mass is 9.65. The number of isocyanates is 1. The highest BCUT2D eigenvalue weighted by atomic mass is 16.5. The highest BCUT2D eigenvalue weighted by Gasteiger charge is 2.45. The zero-order chi connectivity index (χ0) is 12.2.